The number of ether oxygens (including phenoxy) is 1. The van der Waals surface area contributed by atoms with Crippen molar-refractivity contribution in [3.8, 4) is 0 Å². The Labute approximate surface area is 227 Å². The summed E-state index contributed by atoms with van der Waals surface area (Å²) in [6.45, 7) is 4.97. The average Bonchev–Trinajstić information content (AvgIpc) is 3.14. The third-order valence-corrected chi connectivity index (χ3v) is 7.16. The normalized spacial score (nSPS) is 13.4. The Hall–Kier alpha value is -3.88. The van der Waals surface area contributed by atoms with E-state index in [0.717, 1.165) is 10.6 Å². The molecule has 196 valence electrons. The zero-order valence-corrected chi connectivity index (χ0v) is 22.5. The Morgan fingerprint density at radius 3 is 2.18 bits per heavy atom. The van der Waals surface area contributed by atoms with Gasteiger partial charge in [-0.2, -0.15) is 0 Å². The van der Waals surface area contributed by atoms with Gasteiger partial charge in [-0.1, -0.05) is 55.9 Å². The molecule has 0 aliphatic carbocycles. The van der Waals surface area contributed by atoms with Crippen LogP contribution in [0, 0.1) is 0 Å². The number of nitrogens with zero attached hydrogens (tertiary/aromatic N) is 1. The maximum absolute atomic E-state index is 13.3. The highest BCUT2D eigenvalue weighted by Gasteiger charge is 2.38. The molecule has 2 N–H and O–H groups in total. The fourth-order valence-corrected chi connectivity index (χ4v) is 4.89. The maximum atomic E-state index is 13.3. The third kappa shape index (κ3) is 6.51. The lowest BCUT2D eigenvalue weighted by Crippen LogP contribution is -2.33. The van der Waals surface area contributed by atoms with Gasteiger partial charge in [0.2, 0.25) is 0 Å². The van der Waals surface area contributed by atoms with E-state index in [0.29, 0.717) is 35.1 Å². The molecule has 0 spiro atoms. The van der Waals surface area contributed by atoms with E-state index in [1.807, 2.05) is 54.6 Å². The molecule has 0 saturated carbocycles. The zero-order chi connectivity index (χ0) is 27.1. The summed E-state index contributed by atoms with van der Waals surface area (Å²) in [5.41, 5.74) is 3.39. The summed E-state index contributed by atoms with van der Waals surface area (Å²) in [5, 5.41) is 6.06. The highest BCUT2D eigenvalue weighted by molar-refractivity contribution is 8.04. The molecule has 0 aromatic heterocycles. The van der Waals surface area contributed by atoms with Gasteiger partial charge >= 0.3 is 0 Å². The fraction of sp³-hybridized carbons (Fsp3) is 0.233. The molecule has 8 heteroatoms. The highest BCUT2D eigenvalue weighted by Crippen LogP contribution is 2.36. The molecular weight excluding hydrogens is 498 g/mol. The summed E-state index contributed by atoms with van der Waals surface area (Å²) >= 11 is 1.23. The van der Waals surface area contributed by atoms with Gasteiger partial charge in [0.1, 0.15) is 10.6 Å². The lowest BCUT2D eigenvalue weighted by atomic mass is 10.0. The Balaban J connectivity index is 1.54. The smallest absolute Gasteiger partial charge is 0.278 e. The molecule has 0 fully saturated rings. The number of nitrogens with one attached hydrogen (secondary N) is 2. The van der Waals surface area contributed by atoms with Crippen LogP contribution in [-0.4, -0.2) is 42.9 Å². The van der Waals surface area contributed by atoms with Crippen molar-refractivity contribution in [2.75, 3.05) is 30.9 Å². The number of anilines is 2. The van der Waals surface area contributed by atoms with E-state index >= 15 is 0 Å². The number of carbonyl (C=O) groups is 3. The Morgan fingerprint density at radius 2 is 1.55 bits per heavy atom. The fourth-order valence-electron chi connectivity index (χ4n) is 3.94. The predicted molar refractivity (Wildman–Crippen MR) is 151 cm³/mol. The Morgan fingerprint density at radius 1 is 0.895 bits per heavy atom. The first kappa shape index (κ1) is 27.2. The van der Waals surface area contributed by atoms with Gasteiger partial charge in [0.15, 0.2) is 0 Å². The molecule has 0 bridgehead atoms. The molecule has 7 nitrogen and oxygen atoms in total. The average molecular weight is 530 g/mol. The largest absolute Gasteiger partial charge is 0.385 e. The number of imide groups is 1. The van der Waals surface area contributed by atoms with Gasteiger partial charge in [0, 0.05) is 42.1 Å². The van der Waals surface area contributed by atoms with Crippen molar-refractivity contribution in [2.24, 2.45) is 0 Å². The molecule has 0 saturated heterocycles. The molecule has 0 unspecified atom stereocenters. The summed E-state index contributed by atoms with van der Waals surface area (Å²) in [7, 11) is 1.59. The number of carbonyl (C=O) groups excluding carboxylic acids is 3. The van der Waals surface area contributed by atoms with Gasteiger partial charge in [0.05, 0.1) is 0 Å². The zero-order valence-electron chi connectivity index (χ0n) is 21.7. The van der Waals surface area contributed by atoms with Crippen molar-refractivity contribution < 1.29 is 19.1 Å². The Kier molecular flexibility index (Phi) is 8.99. The van der Waals surface area contributed by atoms with Crippen molar-refractivity contribution in [1.29, 1.82) is 0 Å². The van der Waals surface area contributed by atoms with E-state index in [1.165, 1.54) is 22.2 Å². The van der Waals surface area contributed by atoms with E-state index < -0.39 is 0 Å². The second kappa shape index (κ2) is 12.6. The molecule has 1 aliphatic heterocycles. The van der Waals surface area contributed by atoms with Crippen LogP contribution >= 0.6 is 11.8 Å². The number of hydrogen-bond donors (Lipinski definition) is 2. The molecule has 38 heavy (non-hydrogen) atoms. The number of hydrogen-bond acceptors (Lipinski definition) is 6. The number of benzene rings is 3. The van der Waals surface area contributed by atoms with Crippen LogP contribution in [0.3, 0.4) is 0 Å². The van der Waals surface area contributed by atoms with Gasteiger partial charge < -0.3 is 15.4 Å². The monoisotopic (exact) mass is 529 g/mol. The number of amides is 3. The minimum Gasteiger partial charge on any atom is -0.385 e. The summed E-state index contributed by atoms with van der Waals surface area (Å²) in [4.78, 5) is 41.4. The molecule has 3 amide bonds. The topological polar surface area (TPSA) is 87.7 Å². The van der Waals surface area contributed by atoms with Crippen LogP contribution in [0.5, 0.6) is 0 Å². The second-order valence-corrected chi connectivity index (χ2v) is 10.2. The number of methoxy groups -OCH3 is 1. The lowest BCUT2D eigenvalue weighted by molar-refractivity contribution is -0.137. The molecule has 1 aliphatic rings. The molecule has 3 aromatic rings. The first-order chi connectivity index (χ1) is 18.4. The van der Waals surface area contributed by atoms with E-state index in [4.69, 9.17) is 4.74 Å². The van der Waals surface area contributed by atoms with Crippen LogP contribution < -0.4 is 10.6 Å². The van der Waals surface area contributed by atoms with Gasteiger partial charge in [0.25, 0.3) is 17.7 Å². The summed E-state index contributed by atoms with van der Waals surface area (Å²) in [6.07, 6.45) is 0.554. The van der Waals surface area contributed by atoms with Crippen LogP contribution in [0.4, 0.5) is 11.4 Å². The predicted octanol–water partition coefficient (Wildman–Crippen LogP) is 5.88. The molecule has 4 rings (SSSR count). The Bertz CT molecular complexity index is 1320. The van der Waals surface area contributed by atoms with Gasteiger partial charge in [-0.15, -0.1) is 0 Å². The van der Waals surface area contributed by atoms with Crippen LogP contribution in [0.2, 0.25) is 0 Å². The van der Waals surface area contributed by atoms with E-state index in [9.17, 15) is 14.4 Å². The molecule has 1 heterocycles. The summed E-state index contributed by atoms with van der Waals surface area (Å²) < 4.78 is 5.10. The van der Waals surface area contributed by atoms with Crippen molar-refractivity contribution in [2.45, 2.75) is 31.1 Å². The standard InChI is InChI=1S/C30H31N3O4S/c1-20(2)21-10-12-23(13-11-21)31-26-27(30(36)33(29(26)35)18-7-19-37-3)38-25-16-14-24(15-17-25)32-28(34)22-8-5-4-6-9-22/h4-6,8-17,20,31H,7,18-19H2,1-3H3,(H,32,34). The van der Waals surface area contributed by atoms with Crippen molar-refractivity contribution in [3.63, 3.8) is 0 Å². The SMILES string of the molecule is COCCCN1C(=O)C(Nc2ccc(C(C)C)cc2)=C(Sc2ccc(NC(=O)c3ccccc3)cc2)C1=O. The van der Waals surface area contributed by atoms with E-state index in [2.05, 4.69) is 24.5 Å². The summed E-state index contributed by atoms with van der Waals surface area (Å²) in [6, 6.07) is 24.0. The maximum Gasteiger partial charge on any atom is 0.278 e. The molecular formula is C30H31N3O4S. The summed E-state index contributed by atoms with van der Waals surface area (Å²) in [5.74, 6) is -0.500. The first-order valence-electron chi connectivity index (χ1n) is 12.5. The highest BCUT2D eigenvalue weighted by atomic mass is 32.2. The second-order valence-electron chi connectivity index (χ2n) is 9.16. The number of rotatable bonds is 11. The lowest BCUT2D eigenvalue weighted by Gasteiger charge is -2.15. The van der Waals surface area contributed by atoms with Gasteiger partial charge in [-0.3, -0.25) is 19.3 Å². The minimum absolute atomic E-state index is 0.202. The van der Waals surface area contributed by atoms with Gasteiger partial charge in [-0.25, -0.2) is 0 Å². The van der Waals surface area contributed by atoms with Crippen LogP contribution in [0.25, 0.3) is 0 Å². The molecule has 0 radical (unpaired) electrons. The molecule has 0 atom stereocenters. The van der Waals surface area contributed by atoms with Crippen molar-refractivity contribution >= 4 is 40.9 Å². The minimum atomic E-state index is -0.353. The number of thioether (sulfide) groups is 1. The van der Waals surface area contributed by atoms with E-state index in [1.54, 1.807) is 31.4 Å². The first-order valence-corrected chi connectivity index (χ1v) is 13.3. The van der Waals surface area contributed by atoms with Crippen molar-refractivity contribution in [1.82, 2.24) is 4.90 Å². The third-order valence-electron chi connectivity index (χ3n) is 6.07. The quantitative estimate of drug-likeness (QED) is 0.238. The van der Waals surface area contributed by atoms with Crippen molar-refractivity contribution in [3.05, 3.63) is 101 Å². The van der Waals surface area contributed by atoms with Crippen LogP contribution in [-0.2, 0) is 14.3 Å². The van der Waals surface area contributed by atoms with E-state index in [-0.39, 0.29) is 30.0 Å². The molecule has 3 aromatic carbocycles. The van der Waals surface area contributed by atoms with Crippen LogP contribution in [0.15, 0.2) is 94.4 Å². The van der Waals surface area contributed by atoms with Gasteiger partial charge in [-0.05, 0) is 66.4 Å². The van der Waals surface area contributed by atoms with Crippen LogP contribution in [0.1, 0.15) is 42.1 Å².